The molecule has 0 bridgehead atoms. The minimum Gasteiger partial charge on any atom is -0.871 e. The summed E-state index contributed by atoms with van der Waals surface area (Å²) >= 11 is 1.58. The summed E-state index contributed by atoms with van der Waals surface area (Å²) in [6.07, 6.45) is 0. The van der Waals surface area contributed by atoms with Crippen LogP contribution in [0.2, 0.25) is 0 Å². The minimum atomic E-state index is -4.37. The Bertz CT molecular complexity index is 1780. The summed E-state index contributed by atoms with van der Waals surface area (Å²) in [7, 11) is -4.37. The van der Waals surface area contributed by atoms with Crippen LogP contribution in [0.1, 0.15) is 16.7 Å². The van der Waals surface area contributed by atoms with Crippen LogP contribution in [0.15, 0.2) is 75.8 Å². The first-order valence-electron chi connectivity index (χ1n) is 10.7. The Morgan fingerprint density at radius 2 is 1.69 bits per heavy atom. The molecule has 0 atom stereocenters. The fourth-order valence-electron chi connectivity index (χ4n) is 4.03. The van der Waals surface area contributed by atoms with E-state index < -0.39 is 10.1 Å². The van der Waals surface area contributed by atoms with Crippen LogP contribution in [0.4, 0.5) is 11.4 Å². The SMILES string of the molecule is Cc1ccc(N=Nc2c([O-])ccc3cc(S(=O)(=O)O)ccc23)c(-c2nc3c(C)cc(C)cc3s2)c1.[Na+]. The molecule has 1 heterocycles. The maximum absolute atomic E-state index is 12.6. The molecule has 0 aliphatic carbocycles. The smallest absolute Gasteiger partial charge is 0.871 e. The number of rotatable bonds is 4. The van der Waals surface area contributed by atoms with Crippen molar-refractivity contribution in [3.8, 4) is 16.3 Å². The Labute approximate surface area is 234 Å². The molecule has 1 N–H and O–H groups in total. The normalized spacial score (nSPS) is 11.9. The molecule has 7 nitrogen and oxygen atoms in total. The van der Waals surface area contributed by atoms with Crippen molar-refractivity contribution in [3.63, 3.8) is 0 Å². The Morgan fingerprint density at radius 1 is 0.917 bits per heavy atom. The fourth-order valence-corrected chi connectivity index (χ4v) is 5.72. The van der Waals surface area contributed by atoms with Crippen LogP contribution in [0, 0.1) is 20.8 Å². The molecule has 4 aromatic carbocycles. The first-order chi connectivity index (χ1) is 16.6. The Morgan fingerprint density at radius 3 is 2.44 bits per heavy atom. The monoisotopic (exact) mass is 525 g/mol. The minimum absolute atomic E-state index is 0. The molecule has 5 rings (SSSR count). The van der Waals surface area contributed by atoms with E-state index >= 15 is 0 Å². The summed E-state index contributed by atoms with van der Waals surface area (Å²) < 4.78 is 33.4. The van der Waals surface area contributed by atoms with Gasteiger partial charge in [-0.15, -0.1) is 16.5 Å². The van der Waals surface area contributed by atoms with Gasteiger partial charge in [-0.25, -0.2) is 4.98 Å². The summed E-state index contributed by atoms with van der Waals surface area (Å²) in [5.41, 5.74) is 5.74. The van der Waals surface area contributed by atoms with Crippen LogP contribution in [0.25, 0.3) is 31.6 Å². The Kier molecular flexibility index (Phi) is 7.34. The molecule has 10 heteroatoms. The predicted molar refractivity (Wildman–Crippen MR) is 137 cm³/mol. The number of aryl methyl sites for hydroxylation is 3. The molecule has 0 aliphatic rings. The molecule has 36 heavy (non-hydrogen) atoms. The van der Waals surface area contributed by atoms with Crippen molar-refractivity contribution >= 4 is 53.8 Å². The van der Waals surface area contributed by atoms with Crippen LogP contribution < -0.4 is 34.7 Å². The first-order valence-corrected chi connectivity index (χ1v) is 13.0. The van der Waals surface area contributed by atoms with E-state index in [-0.39, 0.29) is 45.9 Å². The predicted octanol–water partition coefficient (Wildman–Crippen LogP) is 3.78. The number of fused-ring (bicyclic) bond motifs is 2. The number of azo groups is 1. The van der Waals surface area contributed by atoms with Gasteiger partial charge >= 0.3 is 29.6 Å². The molecular formula is C26H20N3NaO4S2. The van der Waals surface area contributed by atoms with Crippen molar-refractivity contribution in [3.05, 3.63) is 77.4 Å². The Balaban J connectivity index is 0.00000304. The number of hydrogen-bond acceptors (Lipinski definition) is 7. The molecule has 176 valence electrons. The molecule has 0 saturated carbocycles. The first kappa shape index (κ1) is 26.4. The van der Waals surface area contributed by atoms with Crippen LogP contribution >= 0.6 is 11.3 Å². The standard InChI is InChI=1S/C26H21N3O4S2.Na/c1-14-4-8-21(20(11-14)26-27-24-16(3)10-15(2)12-23(24)34-26)28-29-25-19-7-6-18(35(31,32)33)13-17(19)5-9-22(25)30;/h4-13,30H,1-3H3,(H,31,32,33);/q;+1/p-1. The van der Waals surface area contributed by atoms with E-state index in [0.29, 0.717) is 16.5 Å². The third-order valence-corrected chi connectivity index (χ3v) is 7.58. The second-order valence-electron chi connectivity index (χ2n) is 8.44. The van der Waals surface area contributed by atoms with Gasteiger partial charge in [0.05, 0.1) is 26.5 Å². The third-order valence-electron chi connectivity index (χ3n) is 5.69. The average molecular weight is 526 g/mol. The molecule has 0 amide bonds. The summed E-state index contributed by atoms with van der Waals surface area (Å²) in [6, 6.07) is 16.7. The number of nitrogens with zero attached hydrogens (tertiary/aromatic N) is 3. The summed E-state index contributed by atoms with van der Waals surface area (Å²) in [6.45, 7) is 6.08. The van der Waals surface area contributed by atoms with Gasteiger partial charge in [0, 0.05) is 10.9 Å². The molecule has 0 spiro atoms. The third kappa shape index (κ3) is 5.08. The van der Waals surface area contributed by atoms with Gasteiger partial charge in [-0.05, 0) is 67.6 Å². The van der Waals surface area contributed by atoms with E-state index in [4.69, 9.17) is 4.98 Å². The van der Waals surface area contributed by atoms with Gasteiger partial charge in [0.25, 0.3) is 10.1 Å². The van der Waals surface area contributed by atoms with Gasteiger partial charge in [-0.1, -0.05) is 41.6 Å². The second-order valence-corrected chi connectivity index (χ2v) is 10.9. The van der Waals surface area contributed by atoms with Crippen LogP contribution in [-0.2, 0) is 10.1 Å². The van der Waals surface area contributed by atoms with Crippen molar-refractivity contribution in [1.82, 2.24) is 4.98 Å². The van der Waals surface area contributed by atoms with E-state index in [1.807, 2.05) is 32.0 Å². The molecule has 0 unspecified atom stereocenters. The van der Waals surface area contributed by atoms with Crippen molar-refractivity contribution in [2.75, 3.05) is 0 Å². The summed E-state index contributed by atoms with van der Waals surface area (Å²) in [5.74, 6) is -0.347. The van der Waals surface area contributed by atoms with Crippen LogP contribution in [-0.4, -0.2) is 18.0 Å². The summed E-state index contributed by atoms with van der Waals surface area (Å²) in [5, 5.41) is 23.0. The van der Waals surface area contributed by atoms with Gasteiger partial charge in [-0.2, -0.15) is 13.5 Å². The van der Waals surface area contributed by atoms with E-state index in [1.54, 1.807) is 11.3 Å². The fraction of sp³-hybridized carbons (Fsp3) is 0.115. The zero-order valence-electron chi connectivity index (χ0n) is 20.1. The van der Waals surface area contributed by atoms with Gasteiger partial charge in [0.15, 0.2) is 0 Å². The average Bonchev–Trinajstić information content (AvgIpc) is 3.22. The molecule has 1 aromatic heterocycles. The van der Waals surface area contributed by atoms with Crippen LogP contribution in [0.3, 0.4) is 0 Å². The summed E-state index contributed by atoms with van der Waals surface area (Å²) in [4.78, 5) is 4.60. The molecule has 5 aromatic rings. The number of hydrogen-bond donors (Lipinski definition) is 1. The molecule has 0 radical (unpaired) electrons. The van der Waals surface area contributed by atoms with E-state index in [0.717, 1.165) is 31.9 Å². The number of benzene rings is 4. The maximum atomic E-state index is 12.6. The van der Waals surface area contributed by atoms with Crippen molar-refractivity contribution in [2.24, 2.45) is 10.2 Å². The zero-order valence-corrected chi connectivity index (χ0v) is 23.7. The zero-order chi connectivity index (χ0) is 24.9. The van der Waals surface area contributed by atoms with E-state index in [2.05, 4.69) is 29.3 Å². The van der Waals surface area contributed by atoms with E-state index in [9.17, 15) is 18.1 Å². The Hall–Kier alpha value is -2.66. The number of thiazole rings is 1. The molecule has 0 saturated heterocycles. The molecular weight excluding hydrogens is 505 g/mol. The quantitative estimate of drug-likeness (QED) is 0.218. The maximum Gasteiger partial charge on any atom is 1.00 e. The van der Waals surface area contributed by atoms with Crippen molar-refractivity contribution < 1.29 is 47.6 Å². The van der Waals surface area contributed by atoms with Crippen molar-refractivity contribution in [1.29, 1.82) is 0 Å². The number of aromatic nitrogens is 1. The largest absolute Gasteiger partial charge is 1.00 e. The topological polar surface area (TPSA) is 115 Å². The van der Waals surface area contributed by atoms with Gasteiger partial charge in [0.2, 0.25) is 0 Å². The van der Waals surface area contributed by atoms with Gasteiger partial charge < -0.3 is 5.11 Å². The van der Waals surface area contributed by atoms with Gasteiger partial charge in [-0.3, -0.25) is 4.55 Å². The van der Waals surface area contributed by atoms with Crippen molar-refractivity contribution in [2.45, 2.75) is 25.7 Å². The van der Waals surface area contributed by atoms with E-state index in [1.165, 1.54) is 35.9 Å². The molecule has 0 fully saturated rings. The van der Waals surface area contributed by atoms with Crippen LogP contribution in [0.5, 0.6) is 5.75 Å². The second kappa shape index (κ2) is 10.0. The molecule has 0 aliphatic heterocycles. The van der Waals surface area contributed by atoms with Gasteiger partial charge in [0.1, 0.15) is 5.01 Å².